The Hall–Kier alpha value is -3.15. The van der Waals surface area contributed by atoms with Crippen LogP contribution in [0.4, 0.5) is 0 Å². The highest BCUT2D eigenvalue weighted by molar-refractivity contribution is 6.00. The van der Waals surface area contributed by atoms with Gasteiger partial charge in [-0.3, -0.25) is 9.48 Å². The number of carbonyl (C=O) groups excluding carboxylic acids is 2. The summed E-state index contributed by atoms with van der Waals surface area (Å²) >= 11 is 0. The molecule has 6 heteroatoms. The van der Waals surface area contributed by atoms with Crippen molar-refractivity contribution in [1.82, 2.24) is 14.8 Å². The number of aromatic nitrogens is 3. The van der Waals surface area contributed by atoms with Crippen molar-refractivity contribution in [3.63, 3.8) is 0 Å². The zero-order valence-corrected chi connectivity index (χ0v) is 15.2. The van der Waals surface area contributed by atoms with Crippen LogP contribution < -0.4 is 0 Å². The van der Waals surface area contributed by atoms with Crippen LogP contribution in [0.25, 0.3) is 11.3 Å². The number of hydrogen-bond acceptors (Lipinski definition) is 4. The van der Waals surface area contributed by atoms with Crippen LogP contribution in [-0.2, 0) is 17.7 Å². The standard InChI is InChI=1S/C21H21N3O3/c1-2-27-21(26)19-16-9-6-10-18(25)20(16)24(23-19)13-15-11-12-17(22-15)14-7-4-3-5-8-14/h3-5,7-8,11-12,22H,2,6,9-10,13H2,1H3. The Labute approximate surface area is 157 Å². The van der Waals surface area contributed by atoms with Crippen LogP contribution in [0, 0.1) is 0 Å². The third kappa shape index (κ3) is 3.30. The zero-order valence-electron chi connectivity index (χ0n) is 15.2. The van der Waals surface area contributed by atoms with Crippen LogP contribution >= 0.6 is 0 Å². The number of nitrogens with one attached hydrogen (secondary N) is 1. The van der Waals surface area contributed by atoms with Gasteiger partial charge in [0.1, 0.15) is 5.69 Å². The summed E-state index contributed by atoms with van der Waals surface area (Å²) in [5, 5.41) is 4.44. The molecular weight excluding hydrogens is 342 g/mol. The molecule has 0 saturated heterocycles. The molecule has 0 atom stereocenters. The van der Waals surface area contributed by atoms with Crippen molar-refractivity contribution in [3.8, 4) is 11.3 Å². The summed E-state index contributed by atoms with van der Waals surface area (Å²) in [5.41, 5.74) is 4.56. The van der Waals surface area contributed by atoms with Crippen LogP contribution in [0.2, 0.25) is 0 Å². The number of hydrogen-bond donors (Lipinski definition) is 1. The van der Waals surface area contributed by atoms with Gasteiger partial charge in [0, 0.05) is 23.4 Å². The summed E-state index contributed by atoms with van der Waals surface area (Å²) in [6.45, 7) is 2.45. The van der Waals surface area contributed by atoms with Crippen molar-refractivity contribution >= 4 is 11.8 Å². The lowest BCUT2D eigenvalue weighted by Crippen LogP contribution is -2.17. The third-order valence-corrected chi connectivity index (χ3v) is 4.77. The lowest BCUT2D eigenvalue weighted by molar-refractivity contribution is 0.0517. The number of ether oxygens (including phenoxy) is 1. The largest absolute Gasteiger partial charge is 0.461 e. The summed E-state index contributed by atoms with van der Waals surface area (Å²) in [4.78, 5) is 28.1. The van der Waals surface area contributed by atoms with Crippen LogP contribution in [0.3, 0.4) is 0 Å². The molecule has 0 saturated carbocycles. The van der Waals surface area contributed by atoms with Crippen LogP contribution in [0.15, 0.2) is 42.5 Å². The molecule has 0 fully saturated rings. The van der Waals surface area contributed by atoms with E-state index >= 15 is 0 Å². The summed E-state index contributed by atoms with van der Waals surface area (Å²) < 4.78 is 6.76. The molecule has 0 spiro atoms. The fourth-order valence-corrected chi connectivity index (χ4v) is 3.55. The number of rotatable bonds is 5. The number of carbonyl (C=O) groups is 2. The first-order chi connectivity index (χ1) is 13.2. The molecule has 1 aromatic carbocycles. The Bertz CT molecular complexity index is 986. The second-order valence-corrected chi connectivity index (χ2v) is 6.59. The minimum absolute atomic E-state index is 0.0362. The van der Waals surface area contributed by atoms with Crippen molar-refractivity contribution in [3.05, 3.63) is 65.1 Å². The lowest BCUT2D eigenvalue weighted by atomic mass is 9.94. The molecule has 2 heterocycles. The number of benzene rings is 1. The van der Waals surface area contributed by atoms with E-state index in [0.717, 1.165) is 28.9 Å². The van der Waals surface area contributed by atoms with Gasteiger partial charge in [0.25, 0.3) is 0 Å². The molecule has 27 heavy (non-hydrogen) atoms. The van der Waals surface area contributed by atoms with E-state index in [-0.39, 0.29) is 18.1 Å². The number of nitrogens with zero attached hydrogens (tertiary/aromatic N) is 2. The van der Waals surface area contributed by atoms with Crippen molar-refractivity contribution in [2.45, 2.75) is 32.7 Å². The van der Waals surface area contributed by atoms with Gasteiger partial charge in [-0.1, -0.05) is 30.3 Å². The summed E-state index contributed by atoms with van der Waals surface area (Å²) in [6.07, 6.45) is 1.90. The van der Waals surface area contributed by atoms with Crippen LogP contribution in [0.1, 0.15) is 52.0 Å². The maximum Gasteiger partial charge on any atom is 0.359 e. The van der Waals surface area contributed by atoms with Gasteiger partial charge in [-0.15, -0.1) is 0 Å². The predicted molar refractivity (Wildman–Crippen MR) is 101 cm³/mol. The van der Waals surface area contributed by atoms with Gasteiger partial charge >= 0.3 is 5.97 Å². The van der Waals surface area contributed by atoms with E-state index in [2.05, 4.69) is 10.1 Å². The molecular formula is C21H21N3O3. The van der Waals surface area contributed by atoms with E-state index in [1.165, 1.54) is 0 Å². The van der Waals surface area contributed by atoms with Gasteiger partial charge in [-0.2, -0.15) is 5.10 Å². The normalized spacial score (nSPS) is 13.4. The van der Waals surface area contributed by atoms with E-state index in [9.17, 15) is 9.59 Å². The quantitative estimate of drug-likeness (QED) is 0.703. The smallest absolute Gasteiger partial charge is 0.359 e. The molecule has 138 valence electrons. The number of aromatic amines is 1. The summed E-state index contributed by atoms with van der Waals surface area (Å²) in [6, 6.07) is 14.0. The first kappa shape index (κ1) is 17.3. The van der Waals surface area contributed by atoms with Gasteiger partial charge in [0.15, 0.2) is 11.5 Å². The topological polar surface area (TPSA) is 77.0 Å². The van der Waals surface area contributed by atoms with E-state index < -0.39 is 5.97 Å². The molecule has 6 nitrogen and oxygen atoms in total. The van der Waals surface area contributed by atoms with Crippen molar-refractivity contribution in [2.24, 2.45) is 0 Å². The van der Waals surface area contributed by atoms with Gasteiger partial charge in [-0.25, -0.2) is 4.79 Å². The maximum atomic E-state index is 12.5. The second kappa shape index (κ2) is 7.23. The molecule has 0 bridgehead atoms. The number of ketones is 1. The Morgan fingerprint density at radius 3 is 2.78 bits per heavy atom. The Morgan fingerprint density at radius 2 is 2.00 bits per heavy atom. The maximum absolute atomic E-state index is 12.5. The molecule has 1 aliphatic carbocycles. The Kier molecular flexibility index (Phi) is 4.62. The molecule has 3 aromatic rings. The number of esters is 1. The summed E-state index contributed by atoms with van der Waals surface area (Å²) in [5.74, 6) is -0.423. The minimum atomic E-state index is -0.460. The molecule has 2 aromatic heterocycles. The fraction of sp³-hybridized carbons (Fsp3) is 0.286. The molecule has 1 aliphatic rings. The van der Waals surface area contributed by atoms with Crippen LogP contribution in [-0.4, -0.2) is 33.1 Å². The molecule has 0 amide bonds. The number of fused-ring (bicyclic) bond motifs is 1. The van der Waals surface area contributed by atoms with Gasteiger partial charge < -0.3 is 9.72 Å². The summed E-state index contributed by atoms with van der Waals surface area (Å²) in [7, 11) is 0. The molecule has 0 unspecified atom stereocenters. The molecule has 0 radical (unpaired) electrons. The second-order valence-electron chi connectivity index (χ2n) is 6.59. The van der Waals surface area contributed by atoms with E-state index in [1.807, 2.05) is 42.5 Å². The number of H-pyrrole nitrogens is 1. The average Bonchev–Trinajstić information content (AvgIpc) is 3.29. The highest BCUT2D eigenvalue weighted by Gasteiger charge is 2.30. The van der Waals surface area contributed by atoms with Gasteiger partial charge in [-0.05, 0) is 37.5 Å². The number of Topliss-reactive ketones (excluding diaryl/α,β-unsaturated/α-hetero) is 1. The molecule has 0 aliphatic heterocycles. The average molecular weight is 363 g/mol. The first-order valence-electron chi connectivity index (χ1n) is 9.20. The Balaban J connectivity index is 1.67. The third-order valence-electron chi connectivity index (χ3n) is 4.77. The fourth-order valence-electron chi connectivity index (χ4n) is 3.55. The first-order valence-corrected chi connectivity index (χ1v) is 9.20. The van der Waals surface area contributed by atoms with E-state index in [4.69, 9.17) is 4.74 Å². The van der Waals surface area contributed by atoms with Crippen molar-refractivity contribution < 1.29 is 14.3 Å². The SMILES string of the molecule is CCOC(=O)c1nn(Cc2ccc(-c3ccccc3)[nH]2)c2c1CCCC2=O. The van der Waals surface area contributed by atoms with Gasteiger partial charge in [0.2, 0.25) is 0 Å². The minimum Gasteiger partial charge on any atom is -0.461 e. The van der Waals surface area contributed by atoms with Crippen molar-refractivity contribution in [1.29, 1.82) is 0 Å². The highest BCUT2D eigenvalue weighted by Crippen LogP contribution is 2.26. The van der Waals surface area contributed by atoms with E-state index in [0.29, 0.717) is 25.1 Å². The highest BCUT2D eigenvalue weighted by atomic mass is 16.5. The predicted octanol–water partition coefficient (Wildman–Crippen LogP) is 3.62. The van der Waals surface area contributed by atoms with Gasteiger partial charge in [0.05, 0.1) is 13.2 Å². The zero-order chi connectivity index (χ0) is 18.8. The van der Waals surface area contributed by atoms with Crippen molar-refractivity contribution in [2.75, 3.05) is 6.61 Å². The monoisotopic (exact) mass is 363 g/mol. The molecule has 4 rings (SSSR count). The lowest BCUT2D eigenvalue weighted by Gasteiger charge is -2.12. The van der Waals surface area contributed by atoms with Crippen LogP contribution in [0.5, 0.6) is 0 Å². The molecule has 1 N–H and O–H groups in total. The Morgan fingerprint density at radius 1 is 1.19 bits per heavy atom. The van der Waals surface area contributed by atoms with E-state index in [1.54, 1.807) is 11.6 Å².